The van der Waals surface area contributed by atoms with E-state index in [1.165, 1.54) is 18.6 Å². The van der Waals surface area contributed by atoms with Crippen molar-refractivity contribution in [2.75, 3.05) is 13.1 Å². The molecule has 0 radical (unpaired) electrons. The second kappa shape index (κ2) is 10.8. The molecule has 2 amide bonds. The molecule has 0 bridgehead atoms. The third kappa shape index (κ3) is 9.26. The number of hydrogen-bond donors (Lipinski definition) is 3. The number of hydrogen-bond acceptors (Lipinski definition) is 4. The first-order valence-corrected chi connectivity index (χ1v) is 9.55. The molecule has 0 saturated carbocycles. The van der Waals surface area contributed by atoms with Gasteiger partial charge in [0.1, 0.15) is 0 Å². The quantitative estimate of drug-likeness (QED) is 0.693. The fourth-order valence-corrected chi connectivity index (χ4v) is 2.62. The van der Waals surface area contributed by atoms with E-state index in [1.807, 2.05) is 0 Å². The van der Waals surface area contributed by atoms with E-state index < -0.39 is 10.0 Å². The smallest absolute Gasteiger partial charge is 0.238 e. The largest absolute Gasteiger partial charge is 0.356 e. The normalized spacial score (nSPS) is 17.2. The topological polar surface area (TPSA) is 118 Å². The van der Waals surface area contributed by atoms with Crippen molar-refractivity contribution in [1.82, 2.24) is 10.6 Å². The summed E-state index contributed by atoms with van der Waals surface area (Å²) >= 11 is 0. The van der Waals surface area contributed by atoms with Gasteiger partial charge in [0.05, 0.1) is 4.90 Å². The number of sulfonamides is 1. The zero-order chi connectivity index (χ0) is 17.8. The van der Waals surface area contributed by atoms with Crippen LogP contribution in [0.15, 0.2) is 35.2 Å². The Labute approximate surface area is 143 Å². The van der Waals surface area contributed by atoms with Gasteiger partial charge in [-0.05, 0) is 31.4 Å². The van der Waals surface area contributed by atoms with E-state index in [1.54, 1.807) is 18.2 Å². The maximum Gasteiger partial charge on any atom is 0.238 e. The maximum absolute atomic E-state index is 10.6. The molecule has 2 fully saturated rings. The minimum absolute atomic E-state index is 0.148. The molecule has 1 aromatic rings. The van der Waals surface area contributed by atoms with Crippen molar-refractivity contribution < 1.29 is 18.0 Å². The Balaban J connectivity index is 0.000000186. The van der Waals surface area contributed by atoms with Crippen LogP contribution in [0.2, 0.25) is 0 Å². The molecule has 1 aromatic carbocycles. The van der Waals surface area contributed by atoms with E-state index in [9.17, 15) is 18.0 Å². The SMILES string of the molecule is NS(=O)(=O)c1ccccc1.O=C1CCCCCN1.O=C1CCCN1. The monoisotopic (exact) mass is 355 g/mol. The van der Waals surface area contributed by atoms with Gasteiger partial charge in [0.15, 0.2) is 0 Å². The Bertz CT molecular complexity index is 599. The highest BCUT2D eigenvalue weighted by Gasteiger charge is 2.05. The second-order valence-electron chi connectivity index (χ2n) is 5.47. The zero-order valence-corrected chi connectivity index (χ0v) is 14.5. The van der Waals surface area contributed by atoms with Gasteiger partial charge in [-0.3, -0.25) is 9.59 Å². The number of carbonyl (C=O) groups excluding carboxylic acids is 2. The van der Waals surface area contributed by atoms with E-state index in [0.29, 0.717) is 0 Å². The van der Waals surface area contributed by atoms with Crippen LogP contribution >= 0.6 is 0 Å². The lowest BCUT2D eigenvalue weighted by Gasteiger charge is -1.93. The fraction of sp³-hybridized carbons (Fsp3) is 0.500. The van der Waals surface area contributed by atoms with Gasteiger partial charge < -0.3 is 10.6 Å². The van der Waals surface area contributed by atoms with Gasteiger partial charge in [-0.25, -0.2) is 13.6 Å². The Morgan fingerprint density at radius 2 is 1.33 bits per heavy atom. The molecule has 7 nitrogen and oxygen atoms in total. The van der Waals surface area contributed by atoms with Crippen LogP contribution in [-0.2, 0) is 19.6 Å². The van der Waals surface area contributed by atoms with Crippen LogP contribution in [-0.4, -0.2) is 33.3 Å². The summed E-state index contributed by atoms with van der Waals surface area (Å²) in [6.45, 7) is 1.78. The maximum atomic E-state index is 10.6. The summed E-state index contributed by atoms with van der Waals surface area (Å²) in [5.74, 6) is 0.428. The molecule has 2 heterocycles. The molecule has 2 aliphatic heterocycles. The predicted molar refractivity (Wildman–Crippen MR) is 91.5 cm³/mol. The molecular formula is C16H25N3O4S. The summed E-state index contributed by atoms with van der Waals surface area (Å²) in [6.07, 6.45) is 5.94. The van der Waals surface area contributed by atoms with Crippen molar-refractivity contribution in [2.24, 2.45) is 5.14 Å². The van der Waals surface area contributed by atoms with E-state index in [2.05, 4.69) is 10.6 Å². The first kappa shape index (κ1) is 20.1. The van der Waals surface area contributed by atoms with Gasteiger partial charge in [0.2, 0.25) is 21.8 Å². The molecule has 3 rings (SSSR count). The van der Waals surface area contributed by atoms with Crippen molar-refractivity contribution >= 4 is 21.8 Å². The molecule has 0 aromatic heterocycles. The van der Waals surface area contributed by atoms with Gasteiger partial charge in [-0.15, -0.1) is 0 Å². The van der Waals surface area contributed by atoms with Crippen LogP contribution in [0, 0.1) is 0 Å². The van der Waals surface area contributed by atoms with Crippen molar-refractivity contribution in [2.45, 2.75) is 43.4 Å². The minimum Gasteiger partial charge on any atom is -0.356 e. The van der Waals surface area contributed by atoms with Gasteiger partial charge >= 0.3 is 0 Å². The van der Waals surface area contributed by atoms with Crippen molar-refractivity contribution in [1.29, 1.82) is 0 Å². The van der Waals surface area contributed by atoms with Gasteiger partial charge in [-0.2, -0.15) is 0 Å². The van der Waals surface area contributed by atoms with Gasteiger partial charge in [-0.1, -0.05) is 24.6 Å². The molecule has 0 atom stereocenters. The summed E-state index contributed by atoms with van der Waals surface area (Å²) in [4.78, 5) is 20.9. The summed E-state index contributed by atoms with van der Waals surface area (Å²) < 4.78 is 21.2. The van der Waals surface area contributed by atoms with Gasteiger partial charge in [0, 0.05) is 25.9 Å². The molecule has 134 valence electrons. The van der Waals surface area contributed by atoms with E-state index in [4.69, 9.17) is 5.14 Å². The first-order valence-electron chi connectivity index (χ1n) is 8.01. The number of rotatable bonds is 1. The van der Waals surface area contributed by atoms with Crippen LogP contribution in [0.5, 0.6) is 0 Å². The third-order valence-corrected chi connectivity index (χ3v) is 4.31. The fourth-order valence-electron chi connectivity index (χ4n) is 2.08. The molecule has 24 heavy (non-hydrogen) atoms. The van der Waals surface area contributed by atoms with Crippen molar-refractivity contribution in [3.05, 3.63) is 30.3 Å². The summed E-state index contributed by atoms with van der Waals surface area (Å²) in [5, 5.41) is 10.3. The average molecular weight is 355 g/mol. The third-order valence-electron chi connectivity index (χ3n) is 3.38. The number of primary sulfonamides is 1. The summed E-state index contributed by atoms with van der Waals surface area (Å²) in [7, 11) is -3.50. The molecule has 4 N–H and O–H groups in total. The summed E-state index contributed by atoms with van der Waals surface area (Å²) in [5.41, 5.74) is 0. The van der Waals surface area contributed by atoms with E-state index in [0.717, 1.165) is 45.2 Å². The summed E-state index contributed by atoms with van der Waals surface area (Å²) in [6, 6.07) is 7.89. The first-order chi connectivity index (χ1) is 11.4. The van der Waals surface area contributed by atoms with Crippen molar-refractivity contribution in [3.8, 4) is 0 Å². The second-order valence-corrected chi connectivity index (χ2v) is 7.03. The molecule has 2 aliphatic rings. The lowest BCUT2D eigenvalue weighted by atomic mass is 10.2. The Morgan fingerprint density at radius 1 is 0.792 bits per heavy atom. The number of benzene rings is 1. The number of nitrogens with two attached hydrogens (primary N) is 1. The van der Waals surface area contributed by atoms with Crippen LogP contribution in [0.4, 0.5) is 0 Å². The molecule has 2 saturated heterocycles. The number of nitrogens with one attached hydrogen (secondary N) is 2. The predicted octanol–water partition coefficient (Wildman–Crippen LogP) is 0.907. The van der Waals surface area contributed by atoms with E-state index >= 15 is 0 Å². The van der Waals surface area contributed by atoms with Crippen LogP contribution < -0.4 is 15.8 Å². The Hall–Kier alpha value is -1.93. The van der Waals surface area contributed by atoms with Crippen LogP contribution in [0.3, 0.4) is 0 Å². The zero-order valence-electron chi connectivity index (χ0n) is 13.7. The highest BCUT2D eigenvalue weighted by atomic mass is 32.2. The molecule has 8 heteroatoms. The van der Waals surface area contributed by atoms with Crippen LogP contribution in [0.1, 0.15) is 38.5 Å². The standard InChI is InChI=1S/C6H7NO2S.C6H11NO.C4H7NO/c7-10(8,9)6-4-2-1-3-5-6;8-6-4-2-1-3-5-7-6;6-4-2-1-3-5-4/h1-5H,(H2,7,8,9);1-5H2,(H,7,8);1-3H2,(H,5,6). The molecule has 0 unspecified atom stereocenters. The van der Waals surface area contributed by atoms with Crippen molar-refractivity contribution in [3.63, 3.8) is 0 Å². The Kier molecular flexibility index (Phi) is 9.03. The molecule has 0 aliphatic carbocycles. The van der Waals surface area contributed by atoms with Crippen LogP contribution in [0.25, 0.3) is 0 Å². The molecule has 0 spiro atoms. The van der Waals surface area contributed by atoms with E-state index in [-0.39, 0.29) is 16.7 Å². The average Bonchev–Trinajstić information content (AvgIpc) is 2.90. The number of carbonyl (C=O) groups is 2. The lowest BCUT2D eigenvalue weighted by molar-refractivity contribution is -0.121. The molecular weight excluding hydrogens is 330 g/mol. The van der Waals surface area contributed by atoms with Gasteiger partial charge in [0.25, 0.3) is 0 Å². The highest BCUT2D eigenvalue weighted by Crippen LogP contribution is 2.03. The number of amides is 2. The Morgan fingerprint density at radius 3 is 1.79 bits per heavy atom. The highest BCUT2D eigenvalue weighted by molar-refractivity contribution is 7.89. The lowest BCUT2D eigenvalue weighted by Crippen LogP contribution is -2.21. The minimum atomic E-state index is -3.50.